The molecule has 0 aliphatic heterocycles. The molecule has 0 bridgehead atoms. The standard InChI is InChI=1S/C8H9N3O3/c1-2-14-8(9)7-5-6(11(12)13)3-4-10-7/h3-5,9H,2H2,1H3. The normalized spacial score (nSPS) is 9.50. The summed E-state index contributed by atoms with van der Waals surface area (Å²) in [5.41, 5.74) is 0.0699. The molecule has 1 aromatic rings. The Morgan fingerprint density at radius 3 is 3.07 bits per heavy atom. The molecule has 0 aromatic carbocycles. The molecule has 1 aromatic heterocycles. The van der Waals surface area contributed by atoms with Crippen LogP contribution in [0.5, 0.6) is 0 Å². The van der Waals surface area contributed by atoms with Crippen molar-refractivity contribution in [1.29, 1.82) is 5.41 Å². The van der Waals surface area contributed by atoms with E-state index >= 15 is 0 Å². The summed E-state index contributed by atoms with van der Waals surface area (Å²) < 4.78 is 4.86. The maximum atomic E-state index is 10.4. The van der Waals surface area contributed by atoms with Crippen molar-refractivity contribution in [1.82, 2.24) is 4.98 Å². The third kappa shape index (κ3) is 2.25. The summed E-state index contributed by atoms with van der Waals surface area (Å²) in [5.74, 6) is -0.156. The van der Waals surface area contributed by atoms with Gasteiger partial charge in [-0.25, -0.2) is 0 Å². The van der Waals surface area contributed by atoms with Crippen LogP contribution in [0.1, 0.15) is 12.6 Å². The molecule has 0 atom stereocenters. The van der Waals surface area contributed by atoms with E-state index in [1.54, 1.807) is 6.92 Å². The van der Waals surface area contributed by atoms with Gasteiger partial charge in [-0.15, -0.1) is 0 Å². The lowest BCUT2D eigenvalue weighted by Crippen LogP contribution is -2.07. The fourth-order valence-electron chi connectivity index (χ4n) is 0.875. The first kappa shape index (κ1) is 10.1. The average Bonchev–Trinajstić information content (AvgIpc) is 2.18. The lowest BCUT2D eigenvalue weighted by molar-refractivity contribution is -0.385. The van der Waals surface area contributed by atoms with Crippen molar-refractivity contribution in [2.45, 2.75) is 6.92 Å². The molecule has 0 unspecified atom stereocenters. The molecule has 1 heterocycles. The van der Waals surface area contributed by atoms with Crippen molar-refractivity contribution in [3.63, 3.8) is 0 Å². The Morgan fingerprint density at radius 2 is 2.50 bits per heavy atom. The van der Waals surface area contributed by atoms with Gasteiger partial charge < -0.3 is 4.74 Å². The van der Waals surface area contributed by atoms with Crippen LogP contribution in [0, 0.1) is 15.5 Å². The average molecular weight is 195 g/mol. The molecule has 0 aliphatic carbocycles. The second-order valence-corrected chi connectivity index (χ2v) is 2.42. The third-order valence-corrected chi connectivity index (χ3v) is 1.48. The summed E-state index contributed by atoms with van der Waals surface area (Å²) in [7, 11) is 0. The van der Waals surface area contributed by atoms with Crippen molar-refractivity contribution in [2.75, 3.05) is 6.61 Å². The van der Waals surface area contributed by atoms with Crippen LogP contribution in [-0.4, -0.2) is 22.4 Å². The molecule has 1 rings (SSSR count). The number of hydrogen-bond acceptors (Lipinski definition) is 5. The number of nitrogens with zero attached hydrogens (tertiary/aromatic N) is 2. The van der Waals surface area contributed by atoms with Gasteiger partial charge in [0.05, 0.1) is 11.5 Å². The summed E-state index contributed by atoms with van der Waals surface area (Å²) in [6, 6.07) is 2.47. The highest BCUT2D eigenvalue weighted by atomic mass is 16.6. The first-order valence-electron chi connectivity index (χ1n) is 3.97. The van der Waals surface area contributed by atoms with Gasteiger partial charge in [-0.2, -0.15) is 0 Å². The largest absolute Gasteiger partial charge is 0.477 e. The van der Waals surface area contributed by atoms with Gasteiger partial charge in [0.1, 0.15) is 5.69 Å². The number of rotatable bonds is 3. The monoisotopic (exact) mass is 195 g/mol. The molecule has 0 spiro atoms. The van der Waals surface area contributed by atoms with Crippen LogP contribution in [0.2, 0.25) is 0 Å². The predicted molar refractivity (Wildman–Crippen MR) is 49.3 cm³/mol. The summed E-state index contributed by atoms with van der Waals surface area (Å²) in [6.45, 7) is 2.06. The molecular weight excluding hydrogens is 186 g/mol. The number of pyridine rings is 1. The topological polar surface area (TPSA) is 89.1 Å². The van der Waals surface area contributed by atoms with Crippen molar-refractivity contribution >= 4 is 11.6 Å². The van der Waals surface area contributed by atoms with E-state index in [0.29, 0.717) is 6.61 Å². The Labute approximate surface area is 80.2 Å². The number of aromatic nitrogens is 1. The van der Waals surface area contributed by atoms with Gasteiger partial charge in [-0.05, 0) is 6.92 Å². The number of nitro groups is 1. The molecule has 14 heavy (non-hydrogen) atoms. The van der Waals surface area contributed by atoms with Crippen LogP contribution in [-0.2, 0) is 4.74 Å². The van der Waals surface area contributed by atoms with E-state index in [-0.39, 0.29) is 17.3 Å². The highest BCUT2D eigenvalue weighted by molar-refractivity contribution is 5.90. The van der Waals surface area contributed by atoms with Gasteiger partial charge in [0, 0.05) is 18.3 Å². The van der Waals surface area contributed by atoms with Gasteiger partial charge in [-0.3, -0.25) is 20.5 Å². The van der Waals surface area contributed by atoms with E-state index in [1.807, 2.05) is 0 Å². The highest BCUT2D eigenvalue weighted by Gasteiger charge is 2.10. The summed E-state index contributed by atoms with van der Waals surface area (Å²) in [5, 5.41) is 17.8. The lowest BCUT2D eigenvalue weighted by Gasteiger charge is -2.02. The smallest absolute Gasteiger partial charge is 0.273 e. The Kier molecular flexibility index (Phi) is 3.11. The number of ether oxygens (including phenoxy) is 1. The minimum atomic E-state index is -0.537. The molecule has 0 saturated carbocycles. The molecule has 1 N–H and O–H groups in total. The maximum absolute atomic E-state index is 10.4. The van der Waals surface area contributed by atoms with Crippen LogP contribution in [0.4, 0.5) is 5.69 Å². The van der Waals surface area contributed by atoms with E-state index in [1.165, 1.54) is 18.3 Å². The first-order chi connectivity index (χ1) is 6.65. The molecule has 74 valence electrons. The fraction of sp³-hybridized carbons (Fsp3) is 0.250. The van der Waals surface area contributed by atoms with Crippen molar-refractivity contribution < 1.29 is 9.66 Å². The third-order valence-electron chi connectivity index (χ3n) is 1.48. The second kappa shape index (κ2) is 4.31. The van der Waals surface area contributed by atoms with Crippen LogP contribution in [0.3, 0.4) is 0 Å². The van der Waals surface area contributed by atoms with Crippen LogP contribution in [0.25, 0.3) is 0 Å². The van der Waals surface area contributed by atoms with Crippen molar-refractivity contribution in [3.8, 4) is 0 Å². The van der Waals surface area contributed by atoms with E-state index in [0.717, 1.165) is 0 Å². The molecule has 0 fully saturated rings. The maximum Gasteiger partial charge on any atom is 0.273 e. The molecule has 0 aliphatic rings. The van der Waals surface area contributed by atoms with E-state index in [9.17, 15) is 10.1 Å². The number of nitrogens with one attached hydrogen (secondary N) is 1. The van der Waals surface area contributed by atoms with Crippen LogP contribution >= 0.6 is 0 Å². The van der Waals surface area contributed by atoms with Gasteiger partial charge in [0.2, 0.25) is 5.90 Å². The van der Waals surface area contributed by atoms with Gasteiger partial charge >= 0.3 is 0 Å². The predicted octanol–water partition coefficient (Wildman–Crippen LogP) is 1.35. The lowest BCUT2D eigenvalue weighted by atomic mass is 10.3. The highest BCUT2D eigenvalue weighted by Crippen LogP contribution is 2.11. The number of hydrogen-bond donors (Lipinski definition) is 1. The zero-order valence-electron chi connectivity index (χ0n) is 7.56. The Bertz CT molecular complexity index is 365. The van der Waals surface area contributed by atoms with Crippen molar-refractivity contribution in [3.05, 3.63) is 34.1 Å². The molecule has 6 heteroatoms. The zero-order chi connectivity index (χ0) is 10.6. The van der Waals surface area contributed by atoms with Gasteiger partial charge in [0.15, 0.2) is 0 Å². The molecular formula is C8H9N3O3. The van der Waals surface area contributed by atoms with Crippen molar-refractivity contribution in [2.24, 2.45) is 0 Å². The van der Waals surface area contributed by atoms with Crippen LogP contribution in [0.15, 0.2) is 18.3 Å². The van der Waals surface area contributed by atoms with E-state index in [4.69, 9.17) is 10.1 Å². The molecule has 6 nitrogen and oxygen atoms in total. The summed E-state index contributed by atoms with van der Waals surface area (Å²) in [6.07, 6.45) is 1.28. The Hall–Kier alpha value is -1.98. The molecule has 0 amide bonds. The van der Waals surface area contributed by atoms with Gasteiger partial charge in [0.25, 0.3) is 5.69 Å². The van der Waals surface area contributed by atoms with E-state index in [2.05, 4.69) is 4.98 Å². The Morgan fingerprint density at radius 1 is 1.79 bits per heavy atom. The Balaban J connectivity index is 2.93. The summed E-state index contributed by atoms with van der Waals surface area (Å²) in [4.78, 5) is 13.6. The molecule has 0 saturated heterocycles. The first-order valence-corrected chi connectivity index (χ1v) is 3.97. The quantitative estimate of drug-likeness (QED) is 0.341. The minimum Gasteiger partial charge on any atom is -0.477 e. The minimum absolute atomic E-state index is 0.0977. The van der Waals surface area contributed by atoms with Gasteiger partial charge in [-0.1, -0.05) is 0 Å². The summed E-state index contributed by atoms with van der Waals surface area (Å²) >= 11 is 0. The SMILES string of the molecule is CCOC(=N)c1cc([N+](=O)[O-])ccn1. The zero-order valence-corrected chi connectivity index (χ0v) is 7.56. The van der Waals surface area contributed by atoms with Crippen LogP contribution < -0.4 is 0 Å². The van der Waals surface area contributed by atoms with E-state index < -0.39 is 4.92 Å². The second-order valence-electron chi connectivity index (χ2n) is 2.42. The molecule has 0 radical (unpaired) electrons. The fourth-order valence-corrected chi connectivity index (χ4v) is 0.875.